The summed E-state index contributed by atoms with van der Waals surface area (Å²) in [5.74, 6) is 1.44. The van der Waals surface area contributed by atoms with Gasteiger partial charge in [-0.2, -0.15) is 0 Å². The number of ether oxygens (including phenoxy) is 2. The predicted octanol–water partition coefficient (Wildman–Crippen LogP) is 2.15. The summed E-state index contributed by atoms with van der Waals surface area (Å²) in [5.41, 5.74) is 1.12. The lowest BCUT2D eigenvalue weighted by Gasteiger charge is -2.13. The maximum absolute atomic E-state index is 8.82. The minimum absolute atomic E-state index is 0.181. The number of rotatable bonds is 8. The summed E-state index contributed by atoms with van der Waals surface area (Å²) in [6.07, 6.45) is 0. The number of benzene rings is 1. The monoisotopic (exact) mass is 372 g/mol. The van der Waals surface area contributed by atoms with Crippen LogP contribution in [0.1, 0.15) is 10.4 Å². The molecule has 0 amide bonds. The van der Waals surface area contributed by atoms with Crippen molar-refractivity contribution in [2.45, 2.75) is 13.2 Å². The van der Waals surface area contributed by atoms with Crippen molar-refractivity contribution in [2.75, 3.05) is 20.3 Å². The van der Waals surface area contributed by atoms with Crippen LogP contribution in [-0.2, 0) is 13.2 Å². The first-order valence-corrected chi connectivity index (χ1v) is 8.36. The third-order valence-corrected chi connectivity index (χ3v) is 4.38. The van der Waals surface area contributed by atoms with Crippen molar-refractivity contribution >= 4 is 27.3 Å². The first-order chi connectivity index (χ1) is 10.2. The largest absolute Gasteiger partial charge is 0.493 e. The molecule has 0 saturated heterocycles. The Labute approximate surface area is 136 Å². The summed E-state index contributed by atoms with van der Waals surface area (Å²) < 4.78 is 12.2. The average molecular weight is 373 g/mol. The summed E-state index contributed by atoms with van der Waals surface area (Å²) in [5, 5.41) is 12.9. The highest BCUT2D eigenvalue weighted by Crippen LogP contribution is 2.37. The number of aliphatic hydroxyl groups excluding tert-OH is 1. The van der Waals surface area contributed by atoms with Gasteiger partial charge in [-0.3, -0.25) is 0 Å². The smallest absolute Gasteiger partial charge is 0.175 e. The highest BCUT2D eigenvalue weighted by molar-refractivity contribution is 9.10. The minimum atomic E-state index is 0.181. The first-order valence-electron chi connectivity index (χ1n) is 6.68. The Bertz CT molecular complexity index is 560. The van der Waals surface area contributed by atoms with Crippen LogP contribution < -0.4 is 14.8 Å². The molecule has 0 fully saturated rings. The molecular weight excluding hydrogens is 354 g/mol. The number of halogens is 1. The lowest BCUT2D eigenvalue weighted by molar-refractivity contribution is -0.671. The van der Waals surface area contributed by atoms with Crippen molar-refractivity contribution in [3.05, 3.63) is 44.6 Å². The lowest BCUT2D eigenvalue weighted by Crippen LogP contribution is -2.83. The van der Waals surface area contributed by atoms with Crippen LogP contribution in [0, 0.1) is 0 Å². The zero-order chi connectivity index (χ0) is 15.1. The molecule has 0 aliphatic rings. The third-order valence-electron chi connectivity index (χ3n) is 2.94. The van der Waals surface area contributed by atoms with Gasteiger partial charge in [0.2, 0.25) is 0 Å². The van der Waals surface area contributed by atoms with E-state index in [0.29, 0.717) is 18.9 Å². The Morgan fingerprint density at radius 2 is 2.24 bits per heavy atom. The summed E-state index contributed by atoms with van der Waals surface area (Å²) in [7, 11) is 1.64. The molecule has 114 valence electrons. The normalized spacial score (nSPS) is 10.6. The summed E-state index contributed by atoms with van der Waals surface area (Å²) in [4.78, 5) is 1.17. The number of thiophene rings is 1. The second-order valence-corrected chi connectivity index (χ2v) is 6.37. The fourth-order valence-corrected chi connectivity index (χ4v) is 3.15. The molecule has 1 aromatic carbocycles. The molecule has 2 rings (SSSR count). The van der Waals surface area contributed by atoms with Crippen molar-refractivity contribution in [1.29, 1.82) is 0 Å². The van der Waals surface area contributed by atoms with Gasteiger partial charge in [0.1, 0.15) is 13.2 Å². The van der Waals surface area contributed by atoms with Crippen molar-refractivity contribution < 1.29 is 19.9 Å². The van der Waals surface area contributed by atoms with Gasteiger partial charge in [0.05, 0.1) is 24.7 Å². The van der Waals surface area contributed by atoms with Gasteiger partial charge in [-0.15, -0.1) is 11.3 Å². The van der Waals surface area contributed by atoms with Gasteiger partial charge in [-0.25, -0.2) is 0 Å². The van der Waals surface area contributed by atoms with E-state index < -0.39 is 0 Å². The van der Waals surface area contributed by atoms with Gasteiger partial charge in [0.15, 0.2) is 11.5 Å². The van der Waals surface area contributed by atoms with E-state index in [2.05, 4.69) is 15.9 Å². The quantitative estimate of drug-likeness (QED) is 0.698. The summed E-state index contributed by atoms with van der Waals surface area (Å²) >= 11 is 5.22. The molecule has 0 bridgehead atoms. The molecule has 3 N–H and O–H groups in total. The molecule has 4 nitrogen and oxygen atoms in total. The minimum Gasteiger partial charge on any atom is -0.493 e. The topological polar surface area (TPSA) is 55.3 Å². The van der Waals surface area contributed by atoms with E-state index in [9.17, 15) is 0 Å². The van der Waals surface area contributed by atoms with Crippen LogP contribution in [0.2, 0.25) is 0 Å². The van der Waals surface area contributed by atoms with Crippen LogP contribution in [0.5, 0.6) is 11.5 Å². The lowest BCUT2D eigenvalue weighted by atomic mass is 10.2. The number of quaternary nitrogens is 1. The number of methoxy groups -OCH3 is 1. The van der Waals surface area contributed by atoms with Gasteiger partial charge >= 0.3 is 0 Å². The molecule has 1 heterocycles. The van der Waals surface area contributed by atoms with Gasteiger partial charge in [0.25, 0.3) is 0 Å². The Morgan fingerprint density at radius 3 is 2.90 bits per heavy atom. The van der Waals surface area contributed by atoms with E-state index in [1.165, 1.54) is 4.88 Å². The molecule has 0 aliphatic heterocycles. The summed E-state index contributed by atoms with van der Waals surface area (Å²) in [6.45, 7) is 2.19. The fourth-order valence-electron chi connectivity index (χ4n) is 1.93. The van der Waals surface area contributed by atoms with E-state index >= 15 is 0 Å². The molecule has 0 saturated carbocycles. The Morgan fingerprint density at radius 1 is 1.38 bits per heavy atom. The number of hydrogen-bond acceptors (Lipinski definition) is 4. The zero-order valence-electron chi connectivity index (χ0n) is 11.8. The van der Waals surface area contributed by atoms with Crippen LogP contribution >= 0.6 is 27.3 Å². The van der Waals surface area contributed by atoms with Gasteiger partial charge in [0, 0.05) is 10.4 Å². The molecule has 0 radical (unpaired) electrons. The second-order valence-electron chi connectivity index (χ2n) is 4.48. The van der Waals surface area contributed by atoms with Crippen LogP contribution in [0.3, 0.4) is 0 Å². The Kier molecular flexibility index (Phi) is 6.50. The Balaban J connectivity index is 2.09. The number of aliphatic hydroxyl groups is 1. The molecule has 0 spiro atoms. The molecular formula is C15H19BrNO3S+. The SMILES string of the molecule is COc1cc(C[NH2+]CCO)cc(Br)c1OCc1cccs1. The highest BCUT2D eigenvalue weighted by Gasteiger charge is 2.13. The molecule has 1 aromatic heterocycles. The average Bonchev–Trinajstić information content (AvgIpc) is 2.99. The van der Waals surface area contributed by atoms with Crippen molar-refractivity contribution in [3.8, 4) is 11.5 Å². The molecule has 0 atom stereocenters. The first kappa shape index (κ1) is 16.3. The maximum Gasteiger partial charge on any atom is 0.175 e. The molecule has 21 heavy (non-hydrogen) atoms. The van der Waals surface area contributed by atoms with Crippen LogP contribution in [0.15, 0.2) is 34.1 Å². The van der Waals surface area contributed by atoms with Gasteiger partial charge in [-0.05, 0) is 39.5 Å². The summed E-state index contributed by atoms with van der Waals surface area (Å²) in [6, 6.07) is 8.06. The molecule has 6 heteroatoms. The number of nitrogens with two attached hydrogens (primary N) is 1. The van der Waals surface area contributed by atoms with E-state index in [1.807, 2.05) is 35.0 Å². The van der Waals surface area contributed by atoms with Crippen molar-refractivity contribution in [1.82, 2.24) is 0 Å². The standard InChI is InChI=1S/C15H18BrNO3S/c1-19-14-8-11(9-17-4-5-18)7-13(16)15(14)20-10-12-3-2-6-21-12/h2-3,6-8,17-18H,4-5,9-10H2,1H3/p+1. The highest BCUT2D eigenvalue weighted by atomic mass is 79.9. The van der Waals surface area contributed by atoms with Crippen LogP contribution in [0.25, 0.3) is 0 Å². The van der Waals surface area contributed by atoms with Crippen molar-refractivity contribution in [3.63, 3.8) is 0 Å². The second kappa shape index (κ2) is 8.38. The van der Waals surface area contributed by atoms with E-state index in [0.717, 1.165) is 22.3 Å². The maximum atomic E-state index is 8.82. The van der Waals surface area contributed by atoms with E-state index in [1.54, 1.807) is 18.4 Å². The van der Waals surface area contributed by atoms with E-state index in [4.69, 9.17) is 14.6 Å². The molecule has 0 unspecified atom stereocenters. The Hall–Kier alpha value is -1.08. The van der Waals surface area contributed by atoms with E-state index in [-0.39, 0.29) is 6.61 Å². The third kappa shape index (κ3) is 4.71. The molecule has 2 aromatic rings. The zero-order valence-corrected chi connectivity index (χ0v) is 14.2. The van der Waals surface area contributed by atoms with Crippen LogP contribution in [-0.4, -0.2) is 25.4 Å². The van der Waals surface area contributed by atoms with Crippen LogP contribution in [0.4, 0.5) is 0 Å². The van der Waals surface area contributed by atoms with Crippen molar-refractivity contribution in [2.24, 2.45) is 0 Å². The molecule has 0 aliphatic carbocycles. The van der Waals surface area contributed by atoms with Gasteiger partial charge < -0.3 is 19.9 Å². The fraction of sp³-hybridized carbons (Fsp3) is 0.333. The predicted molar refractivity (Wildman–Crippen MR) is 86.9 cm³/mol. The van der Waals surface area contributed by atoms with Gasteiger partial charge in [-0.1, -0.05) is 6.07 Å². The number of hydrogen-bond donors (Lipinski definition) is 2.